The van der Waals surface area contributed by atoms with E-state index < -0.39 is 46.6 Å². The van der Waals surface area contributed by atoms with Gasteiger partial charge in [0.05, 0.1) is 24.8 Å². The molecule has 4 atom stereocenters. The number of ether oxygens (including phenoxy) is 2. The summed E-state index contributed by atoms with van der Waals surface area (Å²) >= 11 is 0. The average Bonchev–Trinajstić information content (AvgIpc) is 3.67. The third-order valence-corrected chi connectivity index (χ3v) is 21.1. The number of methoxy groups -OCH3 is 1. The van der Waals surface area contributed by atoms with Crippen molar-refractivity contribution < 1.29 is 23.4 Å². The summed E-state index contributed by atoms with van der Waals surface area (Å²) in [4.78, 5) is 9.91. The van der Waals surface area contributed by atoms with E-state index in [0.717, 1.165) is 27.8 Å². The molecule has 3 aromatic carbocycles. The number of anilines is 1. The lowest BCUT2D eigenvalue weighted by atomic mass is 9.66. The number of nitrogen functional groups attached to an aromatic ring is 1. The first-order valence-corrected chi connectivity index (χ1v) is 24.7. The second-order valence-corrected chi connectivity index (χ2v) is 27.1. The van der Waals surface area contributed by atoms with Crippen LogP contribution in [0.1, 0.15) is 70.2 Å². The second-order valence-electron chi connectivity index (χ2n) is 17.6. The molecule has 0 saturated carbocycles. The predicted molar refractivity (Wildman–Crippen MR) is 222 cm³/mol. The van der Waals surface area contributed by atoms with Gasteiger partial charge < -0.3 is 33.7 Å². The Morgan fingerprint density at radius 3 is 1.81 bits per heavy atom. The molecule has 3 N–H and O–H groups in total. The van der Waals surface area contributed by atoms with Crippen LogP contribution in [0.25, 0.3) is 11.0 Å². The molecule has 11 heteroatoms. The fourth-order valence-corrected chi connectivity index (χ4v) is 9.26. The van der Waals surface area contributed by atoms with Crippen molar-refractivity contribution in [1.29, 1.82) is 0 Å². The molecule has 288 valence electrons. The Morgan fingerprint density at radius 2 is 1.30 bits per heavy atom. The van der Waals surface area contributed by atoms with Gasteiger partial charge in [0.25, 0.3) is 0 Å². The van der Waals surface area contributed by atoms with Gasteiger partial charge in [-0.15, -0.1) is 0 Å². The first kappa shape index (κ1) is 39.8. The van der Waals surface area contributed by atoms with E-state index in [1.807, 2.05) is 65.4 Å². The van der Waals surface area contributed by atoms with Crippen LogP contribution in [0.5, 0.6) is 5.75 Å². The molecular weight excluding hydrogens is 709 g/mol. The van der Waals surface area contributed by atoms with Crippen molar-refractivity contribution in [3.8, 4) is 5.75 Å². The number of hydrogen-bond donors (Lipinski definition) is 2. The normalized spacial score (nSPS) is 20.1. The third kappa shape index (κ3) is 7.18. The van der Waals surface area contributed by atoms with Crippen LogP contribution in [0.3, 0.4) is 0 Å². The first-order valence-electron chi connectivity index (χ1n) is 18.9. The van der Waals surface area contributed by atoms with Gasteiger partial charge in [0.15, 0.2) is 22.9 Å². The van der Waals surface area contributed by atoms with Crippen LogP contribution in [0.2, 0.25) is 36.3 Å². The maximum Gasteiger partial charge on any atom is 0.222 e. The van der Waals surface area contributed by atoms with Crippen molar-refractivity contribution in [3.63, 3.8) is 0 Å². The van der Waals surface area contributed by atoms with Gasteiger partial charge in [0.2, 0.25) is 5.95 Å². The molecule has 1 saturated heterocycles. The Morgan fingerprint density at radius 1 is 0.759 bits per heavy atom. The Kier molecular flexibility index (Phi) is 10.8. The zero-order valence-corrected chi connectivity index (χ0v) is 35.8. The van der Waals surface area contributed by atoms with Gasteiger partial charge in [-0.25, -0.2) is 4.98 Å². The number of aliphatic hydroxyl groups excluding tert-OH is 1. The number of hydrogen-bond acceptors (Lipinski definition) is 8. The van der Waals surface area contributed by atoms with E-state index in [1.165, 1.54) is 0 Å². The van der Waals surface area contributed by atoms with Crippen molar-refractivity contribution in [1.82, 2.24) is 14.5 Å². The fraction of sp³-hybridized carbons (Fsp3) is 0.442. The Bertz CT molecular complexity index is 2000. The molecule has 0 spiro atoms. The van der Waals surface area contributed by atoms with E-state index in [-0.39, 0.29) is 16.0 Å². The summed E-state index contributed by atoms with van der Waals surface area (Å²) in [5, 5.41) is 13.0. The summed E-state index contributed by atoms with van der Waals surface area (Å²) in [7, 11) is -2.82. The molecule has 2 aromatic heterocycles. The number of nitrogens with zero attached hydrogens (tertiary/aromatic N) is 3. The smallest absolute Gasteiger partial charge is 0.222 e. The molecular formula is C43H58N4O5Si2. The van der Waals surface area contributed by atoms with E-state index in [0.29, 0.717) is 17.9 Å². The molecule has 54 heavy (non-hydrogen) atoms. The topological polar surface area (TPSA) is 114 Å². The molecule has 0 bridgehead atoms. The molecule has 1 aliphatic rings. The van der Waals surface area contributed by atoms with E-state index in [4.69, 9.17) is 34.0 Å². The molecule has 5 aromatic rings. The van der Waals surface area contributed by atoms with Crippen LogP contribution in [-0.2, 0) is 19.0 Å². The summed E-state index contributed by atoms with van der Waals surface area (Å²) in [6.07, 6.45) is -1.00. The van der Waals surface area contributed by atoms with Gasteiger partial charge >= 0.3 is 0 Å². The van der Waals surface area contributed by atoms with Crippen molar-refractivity contribution in [2.24, 2.45) is 0 Å². The lowest BCUT2D eigenvalue weighted by Crippen LogP contribution is -2.51. The van der Waals surface area contributed by atoms with Crippen LogP contribution in [-0.4, -0.2) is 68.3 Å². The minimum atomic E-state index is -2.34. The molecule has 1 aliphatic heterocycles. The number of rotatable bonds is 11. The fourth-order valence-electron chi connectivity index (χ4n) is 6.92. The molecule has 6 rings (SSSR count). The number of nitrogens with two attached hydrogens (primary N) is 1. The Balaban J connectivity index is 1.53. The van der Waals surface area contributed by atoms with Crippen molar-refractivity contribution >= 4 is 33.6 Å². The summed E-state index contributed by atoms with van der Waals surface area (Å²) in [6, 6.07) is 30.8. The molecule has 0 radical (unpaired) electrons. The van der Waals surface area contributed by atoms with E-state index in [1.54, 1.807) is 7.11 Å². The van der Waals surface area contributed by atoms with Crippen molar-refractivity contribution in [2.45, 2.75) is 108 Å². The highest BCUT2D eigenvalue weighted by atomic mass is 28.4. The summed E-state index contributed by atoms with van der Waals surface area (Å²) in [6.45, 7) is 22.5. The highest BCUT2D eigenvalue weighted by Crippen LogP contribution is 2.48. The number of benzene rings is 3. The van der Waals surface area contributed by atoms with Gasteiger partial charge in [0, 0.05) is 11.6 Å². The van der Waals surface area contributed by atoms with Crippen LogP contribution >= 0.6 is 0 Å². The van der Waals surface area contributed by atoms with E-state index in [2.05, 4.69) is 104 Å². The molecule has 0 unspecified atom stereocenters. The van der Waals surface area contributed by atoms with Crippen molar-refractivity contribution in [3.05, 3.63) is 120 Å². The number of aliphatic hydroxyl groups is 1. The lowest BCUT2D eigenvalue weighted by Gasteiger charge is -2.41. The van der Waals surface area contributed by atoms with Gasteiger partial charge in [0.1, 0.15) is 29.7 Å². The SMILES string of the molecule is COc1ccc(C(c2ccccc2)(c2ccccc2)c2nc(N)nc3c2ccn3[C@@H]2O[C@H](CO[Si](C)(C)C(C)(C)C)[C@@H](O[Si](C)(C)C(C)(C)C)[C@H]2O)cc1. The van der Waals surface area contributed by atoms with Gasteiger partial charge in [-0.1, -0.05) is 114 Å². The maximum atomic E-state index is 12.3. The quantitative estimate of drug-likeness (QED) is 0.101. The van der Waals surface area contributed by atoms with Crippen molar-refractivity contribution in [2.75, 3.05) is 19.5 Å². The van der Waals surface area contributed by atoms with Crippen LogP contribution in [0.15, 0.2) is 97.2 Å². The van der Waals surface area contributed by atoms with Crippen LogP contribution < -0.4 is 10.5 Å². The van der Waals surface area contributed by atoms with Gasteiger partial charge in [-0.05, 0) is 71.2 Å². The van der Waals surface area contributed by atoms with Crippen LogP contribution in [0.4, 0.5) is 5.95 Å². The third-order valence-electron chi connectivity index (χ3n) is 12.1. The highest BCUT2D eigenvalue weighted by Gasteiger charge is 2.52. The zero-order valence-electron chi connectivity index (χ0n) is 33.8. The molecule has 0 aliphatic carbocycles. The van der Waals surface area contributed by atoms with E-state index >= 15 is 0 Å². The first-order chi connectivity index (χ1) is 25.3. The summed E-state index contributed by atoms with van der Waals surface area (Å²) < 4.78 is 28.0. The summed E-state index contributed by atoms with van der Waals surface area (Å²) in [5.74, 6) is 0.864. The van der Waals surface area contributed by atoms with E-state index in [9.17, 15) is 5.11 Å². The minimum Gasteiger partial charge on any atom is -0.497 e. The summed E-state index contributed by atoms with van der Waals surface area (Å²) in [5.41, 5.74) is 10.1. The molecule has 0 amide bonds. The monoisotopic (exact) mass is 766 g/mol. The van der Waals surface area contributed by atoms with Crippen LogP contribution in [0, 0.1) is 0 Å². The van der Waals surface area contributed by atoms with Gasteiger partial charge in [-0.2, -0.15) is 4.98 Å². The Labute approximate surface area is 323 Å². The largest absolute Gasteiger partial charge is 0.497 e. The number of fused-ring (bicyclic) bond motifs is 1. The lowest BCUT2D eigenvalue weighted by molar-refractivity contribution is -0.0485. The highest BCUT2D eigenvalue weighted by molar-refractivity contribution is 6.74. The average molecular weight is 767 g/mol. The standard InChI is InChI=1S/C43H58N4O5Si2/c1-41(2,3)53(8,9)50-28-34-36(52-54(10,11)42(4,5)6)35(48)39(51-34)47-27-26-33-37(45-40(44)46-38(33)47)43(29-18-14-12-15-19-29,30-20-16-13-17-21-30)31-22-24-32(49-7)25-23-31/h12-27,34-36,39,48H,28H2,1-11H3,(H2,44,45,46)/t34-,35-,36-,39-/m1/s1. The minimum absolute atomic E-state index is 0.00870. The van der Waals surface area contributed by atoms with Gasteiger partial charge in [-0.3, -0.25) is 0 Å². The number of aromatic nitrogens is 3. The Hall–Kier alpha value is -3.85. The zero-order chi connectivity index (χ0) is 39.3. The molecule has 9 nitrogen and oxygen atoms in total. The second kappa shape index (κ2) is 14.7. The maximum absolute atomic E-state index is 12.3. The molecule has 3 heterocycles. The predicted octanol–water partition coefficient (Wildman–Crippen LogP) is 9.08. The molecule has 1 fully saturated rings.